The molecule has 8 rings (SSSR count). The highest BCUT2D eigenvalue weighted by molar-refractivity contribution is 6.12. The summed E-state index contributed by atoms with van der Waals surface area (Å²) in [5.74, 6) is 1.57. The zero-order chi connectivity index (χ0) is 31.5. The molecule has 1 unspecified atom stereocenters. The van der Waals surface area contributed by atoms with Gasteiger partial charge in [0.1, 0.15) is 11.7 Å². The Kier molecular flexibility index (Phi) is 7.37. The third-order valence-corrected chi connectivity index (χ3v) is 8.66. The number of benzene rings is 6. The fourth-order valence-corrected chi connectivity index (χ4v) is 6.51. The standard InChI is InChI=1S/C43H32N4/c1-7-19-31(20-8-1)37-38(32-21-9-2-10-22-32)44-42(35-27-15-5-16-28-35)47-43(37,36-29-17-6-18-30-36)40-39(33-23-11-3-12-24-33)45-41(46-40)34-25-13-4-14-26-34/h1-30H,(H,44,47)(H,45,46). The summed E-state index contributed by atoms with van der Waals surface area (Å²) in [6, 6.07) is 62.9. The Bertz CT molecular complexity index is 2170. The van der Waals surface area contributed by atoms with Crippen LogP contribution in [0.5, 0.6) is 0 Å². The number of hydrogen-bond acceptors (Lipinski definition) is 3. The van der Waals surface area contributed by atoms with E-state index in [1.807, 2.05) is 30.3 Å². The van der Waals surface area contributed by atoms with E-state index >= 15 is 0 Å². The van der Waals surface area contributed by atoms with Gasteiger partial charge in [0.05, 0.1) is 17.1 Å². The van der Waals surface area contributed by atoms with Crippen LogP contribution in [0.2, 0.25) is 0 Å². The number of rotatable bonds is 7. The van der Waals surface area contributed by atoms with Crippen molar-refractivity contribution in [1.82, 2.24) is 15.3 Å². The van der Waals surface area contributed by atoms with Crippen molar-refractivity contribution in [2.45, 2.75) is 5.54 Å². The van der Waals surface area contributed by atoms with Crippen LogP contribution in [-0.2, 0) is 5.54 Å². The molecule has 6 aromatic carbocycles. The Hall–Kier alpha value is -6.26. The number of amidine groups is 1. The average molecular weight is 605 g/mol. The second kappa shape index (κ2) is 12.3. The van der Waals surface area contributed by atoms with Gasteiger partial charge in [0.2, 0.25) is 0 Å². The number of nitrogens with one attached hydrogen (secondary N) is 2. The van der Waals surface area contributed by atoms with Crippen molar-refractivity contribution in [3.05, 3.63) is 210 Å². The van der Waals surface area contributed by atoms with Crippen LogP contribution in [-0.4, -0.2) is 15.8 Å². The Labute approximate surface area is 274 Å². The van der Waals surface area contributed by atoms with Crippen LogP contribution in [0.4, 0.5) is 0 Å². The molecule has 224 valence electrons. The third kappa shape index (κ3) is 5.16. The molecule has 0 saturated carbocycles. The first kappa shape index (κ1) is 28.2. The topological polar surface area (TPSA) is 53.1 Å². The summed E-state index contributed by atoms with van der Waals surface area (Å²) in [5, 5.41) is 3.82. The normalized spacial score (nSPS) is 16.0. The van der Waals surface area contributed by atoms with E-state index in [0.29, 0.717) is 0 Å². The van der Waals surface area contributed by atoms with Crippen molar-refractivity contribution in [2.75, 3.05) is 0 Å². The minimum atomic E-state index is -1.03. The summed E-state index contributed by atoms with van der Waals surface area (Å²) < 4.78 is 0. The number of imidazole rings is 1. The quantitative estimate of drug-likeness (QED) is 0.190. The molecular formula is C43H32N4. The van der Waals surface area contributed by atoms with Crippen LogP contribution in [0, 0.1) is 0 Å². The highest BCUT2D eigenvalue weighted by Crippen LogP contribution is 2.52. The first-order valence-corrected chi connectivity index (χ1v) is 15.9. The van der Waals surface area contributed by atoms with E-state index < -0.39 is 5.54 Å². The van der Waals surface area contributed by atoms with E-state index in [-0.39, 0.29) is 0 Å². The zero-order valence-electron chi connectivity index (χ0n) is 25.7. The number of H-pyrrole nitrogens is 1. The molecule has 1 aromatic heterocycles. The Morgan fingerprint density at radius 1 is 0.426 bits per heavy atom. The number of hydrogen-bond donors (Lipinski definition) is 2. The lowest BCUT2D eigenvalue weighted by atomic mass is 9.73. The maximum Gasteiger partial charge on any atom is 0.157 e. The van der Waals surface area contributed by atoms with Gasteiger partial charge in [0.15, 0.2) is 5.54 Å². The monoisotopic (exact) mass is 604 g/mol. The summed E-state index contributed by atoms with van der Waals surface area (Å²) >= 11 is 0. The van der Waals surface area contributed by atoms with E-state index in [2.05, 4.69) is 162 Å². The van der Waals surface area contributed by atoms with Gasteiger partial charge in [-0.1, -0.05) is 182 Å². The van der Waals surface area contributed by atoms with Gasteiger partial charge in [-0.05, 0) is 16.7 Å². The maximum atomic E-state index is 5.83. The van der Waals surface area contributed by atoms with Gasteiger partial charge in [-0.2, -0.15) is 0 Å². The molecule has 0 radical (unpaired) electrons. The molecule has 0 saturated heterocycles. The van der Waals surface area contributed by atoms with E-state index in [0.717, 1.165) is 67.7 Å². The molecule has 2 N–H and O–H groups in total. The van der Waals surface area contributed by atoms with E-state index in [1.54, 1.807) is 0 Å². The molecule has 4 nitrogen and oxygen atoms in total. The van der Waals surface area contributed by atoms with Crippen LogP contribution in [0.3, 0.4) is 0 Å². The van der Waals surface area contributed by atoms with Gasteiger partial charge in [-0.25, -0.2) is 9.98 Å². The second-order valence-electron chi connectivity index (χ2n) is 11.6. The smallest absolute Gasteiger partial charge is 0.157 e. The Balaban J connectivity index is 1.56. The molecule has 7 aromatic rings. The average Bonchev–Trinajstić information content (AvgIpc) is 3.63. The molecule has 0 bridgehead atoms. The second-order valence-corrected chi connectivity index (χ2v) is 11.6. The molecule has 4 heteroatoms. The predicted octanol–water partition coefficient (Wildman–Crippen LogP) is 9.61. The molecule has 2 heterocycles. The van der Waals surface area contributed by atoms with Crippen LogP contribution >= 0.6 is 0 Å². The first-order chi connectivity index (χ1) is 23.3. The fourth-order valence-electron chi connectivity index (χ4n) is 6.51. The minimum absolute atomic E-state index is 0.780. The summed E-state index contributed by atoms with van der Waals surface area (Å²) in [6.07, 6.45) is 0. The highest BCUT2D eigenvalue weighted by atomic mass is 15.1. The fraction of sp³-hybridized carbons (Fsp3) is 0.0233. The largest absolute Gasteiger partial charge is 0.339 e. The Morgan fingerprint density at radius 3 is 1.43 bits per heavy atom. The summed E-state index contributed by atoms with van der Waals surface area (Å²) in [5.41, 5.74) is 8.93. The van der Waals surface area contributed by atoms with E-state index in [4.69, 9.17) is 9.98 Å². The molecule has 1 aliphatic rings. The van der Waals surface area contributed by atoms with Crippen LogP contribution in [0.1, 0.15) is 27.9 Å². The first-order valence-electron chi connectivity index (χ1n) is 15.9. The molecule has 0 amide bonds. The molecule has 47 heavy (non-hydrogen) atoms. The number of aromatic amines is 1. The van der Waals surface area contributed by atoms with E-state index in [1.165, 1.54) is 0 Å². The van der Waals surface area contributed by atoms with E-state index in [9.17, 15) is 0 Å². The van der Waals surface area contributed by atoms with Gasteiger partial charge < -0.3 is 10.3 Å². The van der Waals surface area contributed by atoms with Crippen molar-refractivity contribution < 1.29 is 0 Å². The lowest BCUT2D eigenvalue weighted by Crippen LogP contribution is -2.40. The van der Waals surface area contributed by atoms with Gasteiger partial charge in [0.25, 0.3) is 0 Å². The number of aliphatic imine (C=N–C) groups is 1. The van der Waals surface area contributed by atoms with Crippen molar-refractivity contribution in [1.29, 1.82) is 0 Å². The summed E-state index contributed by atoms with van der Waals surface area (Å²) in [4.78, 5) is 15.0. The predicted molar refractivity (Wildman–Crippen MR) is 192 cm³/mol. The lowest BCUT2D eigenvalue weighted by Gasteiger charge is -2.40. The summed E-state index contributed by atoms with van der Waals surface area (Å²) in [7, 11) is 0. The van der Waals surface area contributed by atoms with Crippen LogP contribution < -0.4 is 5.32 Å². The van der Waals surface area contributed by atoms with Crippen molar-refractivity contribution >= 4 is 17.1 Å². The highest BCUT2D eigenvalue weighted by Gasteiger charge is 2.47. The van der Waals surface area contributed by atoms with Crippen molar-refractivity contribution in [2.24, 2.45) is 4.99 Å². The molecule has 0 fully saturated rings. The number of aromatic nitrogens is 2. The van der Waals surface area contributed by atoms with Crippen LogP contribution in [0.25, 0.3) is 33.9 Å². The van der Waals surface area contributed by atoms with Gasteiger partial charge in [0, 0.05) is 22.3 Å². The Morgan fingerprint density at radius 2 is 0.872 bits per heavy atom. The molecule has 0 aliphatic carbocycles. The van der Waals surface area contributed by atoms with Gasteiger partial charge in [-0.15, -0.1) is 0 Å². The van der Waals surface area contributed by atoms with Gasteiger partial charge in [-0.3, -0.25) is 0 Å². The van der Waals surface area contributed by atoms with Gasteiger partial charge >= 0.3 is 0 Å². The molecule has 0 spiro atoms. The number of nitrogens with zero attached hydrogens (tertiary/aromatic N) is 2. The zero-order valence-corrected chi connectivity index (χ0v) is 25.7. The lowest BCUT2D eigenvalue weighted by molar-refractivity contribution is 0.674. The molecule has 1 aliphatic heterocycles. The van der Waals surface area contributed by atoms with Crippen molar-refractivity contribution in [3.63, 3.8) is 0 Å². The minimum Gasteiger partial charge on any atom is -0.339 e. The molecular weight excluding hydrogens is 573 g/mol. The van der Waals surface area contributed by atoms with Crippen LogP contribution in [0.15, 0.2) is 187 Å². The summed E-state index contributed by atoms with van der Waals surface area (Å²) in [6.45, 7) is 0. The SMILES string of the molecule is c1ccc(C2=NC(c3ccccc3)(c3[nH]c(-c4ccccc4)nc3-c3ccccc3)C(c3ccccc3)=C(c3ccccc3)N2)cc1. The molecule has 1 atom stereocenters. The third-order valence-electron chi connectivity index (χ3n) is 8.66. The van der Waals surface area contributed by atoms with Crippen molar-refractivity contribution in [3.8, 4) is 22.6 Å². The maximum absolute atomic E-state index is 5.83.